The molecule has 0 aliphatic heterocycles. The maximum absolute atomic E-state index is 13.5. The van der Waals surface area contributed by atoms with Crippen LogP contribution in [0.4, 0.5) is 0 Å². The largest absolute Gasteiger partial charge is 0.271 e. The van der Waals surface area contributed by atoms with Crippen molar-refractivity contribution in [1.29, 1.82) is 0 Å². The maximum atomic E-state index is 13.5. The van der Waals surface area contributed by atoms with E-state index in [1.165, 1.54) is 5.56 Å². The summed E-state index contributed by atoms with van der Waals surface area (Å²) in [5, 5.41) is 0. The Labute approximate surface area is 214 Å². The molecule has 0 amide bonds. The van der Waals surface area contributed by atoms with Gasteiger partial charge in [-0.2, -0.15) is 0 Å². The van der Waals surface area contributed by atoms with Gasteiger partial charge in [-0.25, -0.2) is 12.7 Å². The maximum Gasteiger partial charge on any atom is 0.271 e. The molecular formula is C32H27NO2S. The van der Waals surface area contributed by atoms with Crippen LogP contribution in [0.15, 0.2) is 102 Å². The molecule has 0 aliphatic carbocycles. The second-order valence-corrected chi connectivity index (χ2v) is 10.4. The van der Waals surface area contributed by atoms with E-state index in [0.29, 0.717) is 0 Å². The van der Waals surface area contributed by atoms with Crippen LogP contribution in [0.25, 0.3) is 11.1 Å². The normalized spacial score (nSPS) is 10.5. The van der Waals surface area contributed by atoms with Crippen molar-refractivity contribution in [3.8, 4) is 34.9 Å². The zero-order valence-corrected chi connectivity index (χ0v) is 21.4. The first-order valence-corrected chi connectivity index (χ1v) is 13.1. The van der Waals surface area contributed by atoms with Gasteiger partial charge in [-0.3, -0.25) is 0 Å². The minimum atomic E-state index is -3.88. The predicted molar refractivity (Wildman–Crippen MR) is 147 cm³/mol. The van der Waals surface area contributed by atoms with E-state index in [-0.39, 0.29) is 11.4 Å². The molecule has 0 bridgehead atoms. The number of sulfonamides is 1. The van der Waals surface area contributed by atoms with E-state index >= 15 is 0 Å². The van der Waals surface area contributed by atoms with Crippen molar-refractivity contribution in [1.82, 2.24) is 4.31 Å². The van der Waals surface area contributed by atoms with Crippen molar-refractivity contribution < 1.29 is 8.42 Å². The summed E-state index contributed by atoms with van der Waals surface area (Å²) < 4.78 is 28.2. The molecule has 0 fully saturated rings. The lowest BCUT2D eigenvalue weighted by molar-refractivity contribution is 0.535. The van der Waals surface area contributed by atoms with Gasteiger partial charge in [0, 0.05) is 17.2 Å². The summed E-state index contributed by atoms with van der Waals surface area (Å²) in [4.78, 5) is 0.187. The van der Waals surface area contributed by atoms with Gasteiger partial charge in [-0.1, -0.05) is 84.1 Å². The monoisotopic (exact) mass is 489 g/mol. The van der Waals surface area contributed by atoms with Crippen LogP contribution < -0.4 is 0 Å². The average Bonchev–Trinajstić information content (AvgIpc) is 2.89. The molecule has 0 spiro atoms. The van der Waals surface area contributed by atoms with Crippen molar-refractivity contribution in [2.45, 2.75) is 25.7 Å². The molecule has 0 atom stereocenters. The average molecular weight is 490 g/mol. The lowest BCUT2D eigenvalue weighted by Gasteiger charge is -2.15. The molecule has 36 heavy (non-hydrogen) atoms. The first-order chi connectivity index (χ1) is 17.3. The Balaban J connectivity index is 1.73. The van der Waals surface area contributed by atoms with Gasteiger partial charge in [0.25, 0.3) is 10.0 Å². The van der Waals surface area contributed by atoms with Gasteiger partial charge in [-0.05, 0) is 79.3 Å². The summed E-state index contributed by atoms with van der Waals surface area (Å²) >= 11 is 0. The number of nitrogens with zero attached hydrogens (tertiary/aromatic N) is 1. The first kappa shape index (κ1) is 24.9. The highest BCUT2D eigenvalue weighted by Gasteiger charge is 2.21. The van der Waals surface area contributed by atoms with E-state index in [0.717, 1.165) is 37.7 Å². The molecule has 4 heteroatoms. The third-order valence-corrected chi connectivity index (χ3v) is 7.57. The molecule has 4 aromatic carbocycles. The molecule has 0 aromatic heterocycles. The number of hydrogen-bond acceptors (Lipinski definition) is 2. The highest BCUT2D eigenvalue weighted by molar-refractivity contribution is 7.89. The first-order valence-electron chi connectivity index (χ1n) is 11.7. The van der Waals surface area contributed by atoms with Crippen molar-refractivity contribution >= 4 is 10.0 Å². The van der Waals surface area contributed by atoms with Crippen molar-refractivity contribution in [3.63, 3.8) is 0 Å². The molecule has 0 N–H and O–H groups in total. The van der Waals surface area contributed by atoms with Crippen LogP contribution in [-0.4, -0.2) is 19.3 Å². The van der Waals surface area contributed by atoms with Gasteiger partial charge < -0.3 is 0 Å². The summed E-state index contributed by atoms with van der Waals surface area (Å²) in [7, 11) is -3.88. The Morgan fingerprint density at radius 2 is 1.42 bits per heavy atom. The van der Waals surface area contributed by atoms with Crippen LogP contribution in [0.3, 0.4) is 0 Å². The molecular weight excluding hydrogens is 462 g/mol. The van der Waals surface area contributed by atoms with Crippen LogP contribution in [0.2, 0.25) is 0 Å². The molecule has 0 aliphatic rings. The Morgan fingerprint density at radius 1 is 0.722 bits per heavy atom. The third-order valence-electron chi connectivity index (χ3n) is 5.90. The van der Waals surface area contributed by atoms with Crippen LogP contribution in [-0.2, 0) is 10.0 Å². The Morgan fingerprint density at radius 3 is 2.14 bits per heavy atom. The second kappa shape index (κ2) is 11.0. The van der Waals surface area contributed by atoms with E-state index in [9.17, 15) is 8.42 Å². The molecule has 178 valence electrons. The quantitative estimate of drug-likeness (QED) is 0.248. The molecule has 4 rings (SSSR count). The van der Waals surface area contributed by atoms with Gasteiger partial charge in [0.1, 0.15) is 6.54 Å². The van der Waals surface area contributed by atoms with Gasteiger partial charge in [0.2, 0.25) is 0 Å². The van der Waals surface area contributed by atoms with Crippen LogP contribution in [0.5, 0.6) is 0 Å². The Kier molecular flexibility index (Phi) is 7.59. The van der Waals surface area contributed by atoms with Gasteiger partial charge >= 0.3 is 0 Å². The smallest absolute Gasteiger partial charge is 0.212 e. The molecule has 0 unspecified atom stereocenters. The molecule has 0 saturated heterocycles. The molecule has 0 radical (unpaired) electrons. The van der Waals surface area contributed by atoms with E-state index in [1.807, 2.05) is 93.6 Å². The highest BCUT2D eigenvalue weighted by atomic mass is 32.2. The van der Waals surface area contributed by atoms with Crippen molar-refractivity contribution in [3.05, 3.63) is 125 Å². The summed E-state index contributed by atoms with van der Waals surface area (Å²) in [6.45, 7) is 5.95. The fourth-order valence-corrected chi connectivity index (χ4v) is 4.77. The number of aryl methyl sites for hydroxylation is 3. The number of benzene rings is 4. The Bertz CT molecular complexity index is 1600. The minimum Gasteiger partial charge on any atom is -0.212 e. The van der Waals surface area contributed by atoms with E-state index in [2.05, 4.69) is 23.8 Å². The van der Waals surface area contributed by atoms with Crippen LogP contribution in [0, 0.1) is 44.6 Å². The van der Waals surface area contributed by atoms with Gasteiger partial charge in [0.05, 0.1) is 4.90 Å². The summed E-state index contributed by atoms with van der Waals surface area (Å²) in [6.07, 6.45) is 0. The summed E-state index contributed by atoms with van der Waals surface area (Å²) in [5.41, 5.74) is 6.86. The van der Waals surface area contributed by atoms with Gasteiger partial charge in [0.15, 0.2) is 0 Å². The molecule has 0 heterocycles. The minimum absolute atomic E-state index is 0.0519. The SMILES string of the molecule is Cc1ccc(S(=O)(=O)N(C#Cc2ccccc2-c2ccccc2)CC#Cc2ccc(C)c(C)c2)cc1. The fourth-order valence-electron chi connectivity index (χ4n) is 3.64. The van der Waals surface area contributed by atoms with Gasteiger partial charge in [-0.15, -0.1) is 0 Å². The zero-order chi connectivity index (χ0) is 25.5. The zero-order valence-electron chi connectivity index (χ0n) is 20.6. The number of hydrogen-bond donors (Lipinski definition) is 0. The van der Waals surface area contributed by atoms with Crippen molar-refractivity contribution in [2.75, 3.05) is 6.54 Å². The molecule has 4 aromatic rings. The standard InChI is InChI=1S/C32H27NO2S/c1-25-15-19-31(20-16-25)36(34,35)33(22-9-10-28-18-17-26(2)27(3)24-28)23-21-30-13-7-8-14-32(30)29-11-5-4-6-12-29/h4-8,11-20,24H,22H2,1-3H3. The Hall–Kier alpha value is -4.25. The summed E-state index contributed by atoms with van der Waals surface area (Å²) in [5.74, 6) is 9.19. The van der Waals surface area contributed by atoms with Crippen molar-refractivity contribution in [2.24, 2.45) is 0 Å². The van der Waals surface area contributed by atoms with E-state index in [1.54, 1.807) is 24.3 Å². The van der Waals surface area contributed by atoms with Crippen LogP contribution in [0.1, 0.15) is 27.8 Å². The van der Waals surface area contributed by atoms with E-state index in [4.69, 9.17) is 0 Å². The third kappa shape index (κ3) is 5.87. The fraction of sp³-hybridized carbons (Fsp3) is 0.125. The second-order valence-electron chi connectivity index (χ2n) is 8.57. The lowest BCUT2D eigenvalue weighted by Crippen LogP contribution is -2.27. The summed E-state index contributed by atoms with van der Waals surface area (Å²) in [6, 6.07) is 33.3. The predicted octanol–water partition coefficient (Wildman–Crippen LogP) is 6.33. The number of rotatable bonds is 4. The molecule has 0 saturated carbocycles. The van der Waals surface area contributed by atoms with E-state index < -0.39 is 10.0 Å². The lowest BCUT2D eigenvalue weighted by atomic mass is 10.0. The van der Waals surface area contributed by atoms with Crippen LogP contribution >= 0.6 is 0 Å². The topological polar surface area (TPSA) is 37.4 Å². The molecule has 3 nitrogen and oxygen atoms in total. The highest BCUT2D eigenvalue weighted by Crippen LogP contribution is 2.23.